The van der Waals surface area contributed by atoms with Gasteiger partial charge in [0.05, 0.1) is 6.10 Å². The Balaban J connectivity index is 2.49. The molecule has 1 saturated carbocycles. The summed E-state index contributed by atoms with van der Waals surface area (Å²) in [5, 5.41) is 9.55. The van der Waals surface area contributed by atoms with E-state index < -0.39 is 0 Å². The molecule has 0 saturated heterocycles. The second kappa shape index (κ2) is 3.91. The zero-order valence-electron chi connectivity index (χ0n) is 7.34. The zero-order chi connectivity index (χ0) is 8.27. The summed E-state index contributed by atoms with van der Waals surface area (Å²) < 4.78 is 0. The van der Waals surface area contributed by atoms with Crippen LogP contribution >= 0.6 is 0 Å². The van der Waals surface area contributed by atoms with E-state index in [0.717, 1.165) is 18.4 Å². The molecular formula is C10H18O. The maximum Gasteiger partial charge on any atom is 0.0750 e. The van der Waals surface area contributed by atoms with Crippen molar-refractivity contribution >= 4 is 0 Å². The molecule has 0 aromatic carbocycles. The third-order valence-corrected chi connectivity index (χ3v) is 2.68. The maximum atomic E-state index is 9.55. The molecule has 1 N–H and O–H groups in total. The fourth-order valence-electron chi connectivity index (χ4n) is 1.66. The lowest BCUT2D eigenvalue weighted by molar-refractivity contribution is 0.176. The fraction of sp³-hybridized carbons (Fsp3) is 0.800. The zero-order valence-corrected chi connectivity index (χ0v) is 7.34. The van der Waals surface area contributed by atoms with E-state index in [1.54, 1.807) is 0 Å². The Kier molecular flexibility index (Phi) is 3.13. The van der Waals surface area contributed by atoms with Crippen LogP contribution in [0.4, 0.5) is 0 Å². The molecule has 1 aliphatic rings. The van der Waals surface area contributed by atoms with E-state index in [-0.39, 0.29) is 6.10 Å². The van der Waals surface area contributed by atoms with E-state index in [9.17, 15) is 5.11 Å². The Morgan fingerprint density at radius 1 is 1.27 bits per heavy atom. The highest BCUT2D eigenvalue weighted by atomic mass is 16.3. The average Bonchev–Trinajstić information content (AvgIpc) is 2.00. The van der Waals surface area contributed by atoms with Crippen LogP contribution in [0.5, 0.6) is 0 Å². The summed E-state index contributed by atoms with van der Waals surface area (Å²) in [5.74, 6) is 0.519. The Labute approximate surface area is 69.1 Å². The highest BCUT2D eigenvalue weighted by Gasteiger charge is 2.16. The lowest BCUT2D eigenvalue weighted by Gasteiger charge is -2.22. The lowest BCUT2D eigenvalue weighted by atomic mass is 9.87. The summed E-state index contributed by atoms with van der Waals surface area (Å²) >= 11 is 0. The van der Waals surface area contributed by atoms with Crippen LogP contribution in [0.2, 0.25) is 0 Å². The van der Waals surface area contributed by atoms with Crippen molar-refractivity contribution in [2.45, 2.75) is 45.1 Å². The SMILES string of the molecule is C=C1C(C)CCCCCC1O. The van der Waals surface area contributed by atoms with Crippen molar-refractivity contribution in [1.29, 1.82) is 0 Å². The van der Waals surface area contributed by atoms with Gasteiger partial charge >= 0.3 is 0 Å². The number of hydrogen-bond acceptors (Lipinski definition) is 1. The molecule has 0 aromatic rings. The van der Waals surface area contributed by atoms with Crippen LogP contribution in [-0.2, 0) is 0 Å². The minimum atomic E-state index is -0.231. The molecule has 0 radical (unpaired) electrons. The lowest BCUT2D eigenvalue weighted by Crippen LogP contribution is -2.17. The molecule has 2 atom stereocenters. The van der Waals surface area contributed by atoms with Crippen molar-refractivity contribution < 1.29 is 5.11 Å². The van der Waals surface area contributed by atoms with Gasteiger partial charge in [0, 0.05) is 0 Å². The molecule has 1 aliphatic carbocycles. The molecule has 11 heavy (non-hydrogen) atoms. The van der Waals surface area contributed by atoms with Crippen LogP contribution in [0, 0.1) is 5.92 Å². The standard InChI is InChI=1S/C10H18O/c1-8-6-4-3-5-7-10(11)9(8)2/h8,10-11H,2-7H2,1H3. The van der Waals surface area contributed by atoms with Crippen molar-refractivity contribution in [1.82, 2.24) is 0 Å². The van der Waals surface area contributed by atoms with Crippen LogP contribution < -0.4 is 0 Å². The van der Waals surface area contributed by atoms with E-state index in [1.807, 2.05) is 0 Å². The number of rotatable bonds is 0. The summed E-state index contributed by atoms with van der Waals surface area (Å²) in [6, 6.07) is 0. The van der Waals surface area contributed by atoms with E-state index in [0.29, 0.717) is 5.92 Å². The molecule has 1 rings (SSSR count). The molecule has 0 bridgehead atoms. The van der Waals surface area contributed by atoms with Crippen LogP contribution in [0.1, 0.15) is 39.0 Å². The van der Waals surface area contributed by atoms with Gasteiger partial charge in [0.25, 0.3) is 0 Å². The maximum absolute atomic E-state index is 9.55. The van der Waals surface area contributed by atoms with Crippen LogP contribution in [-0.4, -0.2) is 11.2 Å². The van der Waals surface area contributed by atoms with Gasteiger partial charge < -0.3 is 5.11 Å². The fourth-order valence-corrected chi connectivity index (χ4v) is 1.66. The molecule has 1 fully saturated rings. The first kappa shape index (κ1) is 8.79. The number of hydrogen-bond donors (Lipinski definition) is 1. The highest BCUT2D eigenvalue weighted by Crippen LogP contribution is 2.25. The van der Waals surface area contributed by atoms with Crippen LogP contribution in [0.3, 0.4) is 0 Å². The van der Waals surface area contributed by atoms with Crippen molar-refractivity contribution in [3.05, 3.63) is 12.2 Å². The molecule has 0 amide bonds. The molecule has 0 spiro atoms. The van der Waals surface area contributed by atoms with E-state index >= 15 is 0 Å². The molecule has 2 unspecified atom stereocenters. The van der Waals surface area contributed by atoms with Gasteiger partial charge in [-0.1, -0.05) is 32.8 Å². The second-order valence-electron chi connectivity index (χ2n) is 3.63. The van der Waals surface area contributed by atoms with Crippen LogP contribution in [0.15, 0.2) is 12.2 Å². The second-order valence-corrected chi connectivity index (χ2v) is 3.63. The number of aliphatic hydroxyl groups excluding tert-OH is 1. The first-order valence-corrected chi connectivity index (χ1v) is 4.58. The number of aliphatic hydroxyl groups is 1. The summed E-state index contributed by atoms with van der Waals surface area (Å²) in [6.07, 6.45) is 5.62. The Hall–Kier alpha value is -0.300. The van der Waals surface area contributed by atoms with Gasteiger partial charge in [-0.25, -0.2) is 0 Å². The van der Waals surface area contributed by atoms with Crippen molar-refractivity contribution in [2.75, 3.05) is 0 Å². The summed E-state index contributed by atoms with van der Waals surface area (Å²) in [6.45, 7) is 6.09. The minimum Gasteiger partial charge on any atom is -0.389 e. The Morgan fingerprint density at radius 3 is 2.64 bits per heavy atom. The first-order chi connectivity index (χ1) is 5.22. The van der Waals surface area contributed by atoms with E-state index in [4.69, 9.17) is 0 Å². The average molecular weight is 154 g/mol. The predicted molar refractivity (Wildman–Crippen MR) is 47.4 cm³/mol. The van der Waals surface area contributed by atoms with Gasteiger partial charge in [0.15, 0.2) is 0 Å². The monoisotopic (exact) mass is 154 g/mol. The third kappa shape index (κ3) is 2.33. The largest absolute Gasteiger partial charge is 0.389 e. The Bertz CT molecular complexity index is 126. The van der Waals surface area contributed by atoms with E-state index in [1.165, 1.54) is 19.3 Å². The van der Waals surface area contributed by atoms with Gasteiger partial charge in [-0.05, 0) is 24.3 Å². The normalized spacial score (nSPS) is 34.5. The first-order valence-electron chi connectivity index (χ1n) is 4.58. The Morgan fingerprint density at radius 2 is 1.91 bits per heavy atom. The van der Waals surface area contributed by atoms with Gasteiger partial charge in [-0.3, -0.25) is 0 Å². The predicted octanol–water partition coefficient (Wildman–Crippen LogP) is 2.50. The van der Waals surface area contributed by atoms with Gasteiger partial charge in [-0.15, -0.1) is 0 Å². The highest BCUT2D eigenvalue weighted by molar-refractivity contribution is 5.06. The molecule has 0 aromatic heterocycles. The molecule has 0 heterocycles. The topological polar surface area (TPSA) is 20.2 Å². The molecule has 1 nitrogen and oxygen atoms in total. The quantitative estimate of drug-likeness (QED) is 0.531. The molecule has 0 aliphatic heterocycles. The smallest absolute Gasteiger partial charge is 0.0750 e. The van der Waals surface area contributed by atoms with Crippen molar-refractivity contribution in [3.63, 3.8) is 0 Å². The summed E-state index contributed by atoms with van der Waals surface area (Å²) in [7, 11) is 0. The summed E-state index contributed by atoms with van der Waals surface area (Å²) in [4.78, 5) is 0. The molecule has 1 heteroatoms. The summed E-state index contributed by atoms with van der Waals surface area (Å²) in [5.41, 5.74) is 1.05. The van der Waals surface area contributed by atoms with Gasteiger partial charge in [0.1, 0.15) is 0 Å². The van der Waals surface area contributed by atoms with Crippen molar-refractivity contribution in [3.8, 4) is 0 Å². The molecule has 64 valence electrons. The van der Waals surface area contributed by atoms with E-state index in [2.05, 4.69) is 13.5 Å². The van der Waals surface area contributed by atoms with Crippen molar-refractivity contribution in [2.24, 2.45) is 5.92 Å². The van der Waals surface area contributed by atoms with Gasteiger partial charge in [-0.2, -0.15) is 0 Å². The van der Waals surface area contributed by atoms with Gasteiger partial charge in [0.2, 0.25) is 0 Å². The minimum absolute atomic E-state index is 0.231. The van der Waals surface area contributed by atoms with Crippen LogP contribution in [0.25, 0.3) is 0 Å². The third-order valence-electron chi connectivity index (χ3n) is 2.68. The molecular weight excluding hydrogens is 136 g/mol.